The summed E-state index contributed by atoms with van der Waals surface area (Å²) in [5.41, 5.74) is 5.18. The molecule has 0 radical (unpaired) electrons. The van der Waals surface area contributed by atoms with Gasteiger partial charge in [-0.15, -0.1) is 0 Å². The van der Waals surface area contributed by atoms with Crippen molar-refractivity contribution in [3.05, 3.63) is 0 Å². The van der Waals surface area contributed by atoms with Crippen LogP contribution in [0.4, 0.5) is 0 Å². The molecule has 0 bridgehead atoms. The Morgan fingerprint density at radius 3 is 2.82 bits per heavy atom. The lowest BCUT2D eigenvalue weighted by Crippen LogP contribution is -2.26. The van der Waals surface area contributed by atoms with Gasteiger partial charge in [-0.3, -0.25) is 4.79 Å². The molecule has 0 aromatic heterocycles. The third kappa shape index (κ3) is 7.29. The second-order valence-corrected chi connectivity index (χ2v) is 2.10. The van der Waals surface area contributed by atoms with E-state index in [0.717, 1.165) is 0 Å². The van der Waals surface area contributed by atoms with Gasteiger partial charge >= 0.3 is 0 Å². The molecular weight excluding hydrogens is 144 g/mol. The summed E-state index contributed by atoms with van der Waals surface area (Å²) in [7, 11) is 0. The predicted molar refractivity (Wildman–Crippen MR) is 43.2 cm³/mol. The van der Waals surface area contributed by atoms with Crippen LogP contribution in [0.5, 0.6) is 0 Å². The first-order valence-electron chi connectivity index (χ1n) is 3.85. The number of amides is 1. The van der Waals surface area contributed by atoms with Gasteiger partial charge in [0.2, 0.25) is 5.91 Å². The van der Waals surface area contributed by atoms with Gasteiger partial charge in [-0.05, 0) is 0 Å². The number of nitrogens with one attached hydrogen (secondary N) is 1. The molecule has 0 unspecified atom stereocenters. The number of hydrogen-bond donors (Lipinski definition) is 2. The second kappa shape index (κ2) is 7.50. The lowest BCUT2D eigenvalue weighted by atomic mass is 10.4. The summed E-state index contributed by atoms with van der Waals surface area (Å²) in [5, 5.41) is 2.69. The minimum Gasteiger partial charge on any atom is -0.378 e. The Morgan fingerprint density at radius 2 is 2.27 bits per heavy atom. The highest BCUT2D eigenvalue weighted by atomic mass is 16.5. The maximum Gasteiger partial charge on any atom is 0.219 e. The lowest BCUT2D eigenvalue weighted by molar-refractivity contribution is -0.121. The van der Waals surface area contributed by atoms with Crippen LogP contribution in [0.3, 0.4) is 0 Å². The largest absolute Gasteiger partial charge is 0.378 e. The van der Waals surface area contributed by atoms with Crippen LogP contribution in [0.1, 0.15) is 13.3 Å². The first-order chi connectivity index (χ1) is 5.31. The van der Waals surface area contributed by atoms with E-state index in [1.807, 2.05) is 6.92 Å². The van der Waals surface area contributed by atoms with Crippen molar-refractivity contribution in [3.8, 4) is 0 Å². The third-order valence-electron chi connectivity index (χ3n) is 1.15. The van der Waals surface area contributed by atoms with E-state index >= 15 is 0 Å². The molecule has 4 nitrogen and oxygen atoms in total. The van der Waals surface area contributed by atoms with E-state index in [1.165, 1.54) is 0 Å². The topological polar surface area (TPSA) is 64.3 Å². The fraction of sp³-hybridized carbons (Fsp3) is 0.857. The van der Waals surface area contributed by atoms with Gasteiger partial charge in [0.25, 0.3) is 0 Å². The SMILES string of the molecule is CCC(=O)NCCOCCN. The van der Waals surface area contributed by atoms with Gasteiger partial charge in [-0.2, -0.15) is 0 Å². The summed E-state index contributed by atoms with van der Waals surface area (Å²) in [6.45, 7) is 4.02. The highest BCUT2D eigenvalue weighted by Crippen LogP contribution is 1.75. The number of hydrogen-bond acceptors (Lipinski definition) is 3. The molecule has 0 heterocycles. The van der Waals surface area contributed by atoms with Crippen molar-refractivity contribution in [2.75, 3.05) is 26.3 Å². The van der Waals surface area contributed by atoms with E-state index < -0.39 is 0 Å². The molecule has 0 aliphatic carbocycles. The van der Waals surface area contributed by atoms with E-state index in [2.05, 4.69) is 5.32 Å². The van der Waals surface area contributed by atoms with Crippen LogP contribution in [0.2, 0.25) is 0 Å². The minimum absolute atomic E-state index is 0.0568. The smallest absolute Gasteiger partial charge is 0.219 e. The molecule has 0 saturated heterocycles. The van der Waals surface area contributed by atoms with Crippen molar-refractivity contribution in [1.82, 2.24) is 5.32 Å². The standard InChI is InChI=1S/C7H16N2O2/c1-2-7(10)9-4-6-11-5-3-8/h2-6,8H2,1H3,(H,9,10). The zero-order valence-corrected chi connectivity index (χ0v) is 6.93. The molecule has 0 rings (SSSR count). The van der Waals surface area contributed by atoms with Crippen LogP contribution in [-0.2, 0) is 9.53 Å². The highest BCUT2D eigenvalue weighted by molar-refractivity contribution is 5.75. The van der Waals surface area contributed by atoms with Gasteiger partial charge in [-0.25, -0.2) is 0 Å². The first kappa shape index (κ1) is 10.4. The van der Waals surface area contributed by atoms with Crippen LogP contribution in [0.15, 0.2) is 0 Å². The Kier molecular flexibility index (Phi) is 7.08. The molecule has 66 valence electrons. The van der Waals surface area contributed by atoms with E-state index in [9.17, 15) is 4.79 Å². The summed E-state index contributed by atoms with van der Waals surface area (Å²) in [4.78, 5) is 10.7. The molecule has 0 atom stereocenters. The molecule has 0 aromatic rings. The third-order valence-corrected chi connectivity index (χ3v) is 1.15. The molecule has 1 amide bonds. The van der Waals surface area contributed by atoms with Crippen molar-refractivity contribution in [3.63, 3.8) is 0 Å². The van der Waals surface area contributed by atoms with Gasteiger partial charge in [0.1, 0.15) is 0 Å². The molecule has 4 heteroatoms. The second-order valence-electron chi connectivity index (χ2n) is 2.10. The number of rotatable bonds is 6. The van der Waals surface area contributed by atoms with E-state index in [4.69, 9.17) is 10.5 Å². The molecule has 0 fully saturated rings. The molecule has 0 saturated carbocycles. The van der Waals surface area contributed by atoms with Crippen LogP contribution in [0.25, 0.3) is 0 Å². The Labute approximate surface area is 67.1 Å². The summed E-state index contributed by atoms with van der Waals surface area (Å²) in [6.07, 6.45) is 0.525. The average molecular weight is 160 g/mol. The van der Waals surface area contributed by atoms with Crippen LogP contribution in [0, 0.1) is 0 Å². The lowest BCUT2D eigenvalue weighted by Gasteiger charge is -2.03. The molecule has 11 heavy (non-hydrogen) atoms. The molecule has 0 aliphatic heterocycles. The summed E-state index contributed by atoms with van der Waals surface area (Å²) in [6, 6.07) is 0. The predicted octanol–water partition coefficient (Wildman–Crippen LogP) is -0.512. The monoisotopic (exact) mass is 160 g/mol. The number of carbonyl (C=O) groups is 1. The maximum atomic E-state index is 10.7. The fourth-order valence-electron chi connectivity index (χ4n) is 0.573. The van der Waals surface area contributed by atoms with Crippen molar-refractivity contribution in [2.45, 2.75) is 13.3 Å². The highest BCUT2D eigenvalue weighted by Gasteiger charge is 1.93. The summed E-state index contributed by atoms with van der Waals surface area (Å²) >= 11 is 0. The number of carbonyl (C=O) groups excluding carboxylic acids is 1. The summed E-state index contributed by atoms with van der Waals surface area (Å²) < 4.78 is 5.04. The van der Waals surface area contributed by atoms with Crippen LogP contribution in [-0.4, -0.2) is 32.2 Å². The molecular formula is C7H16N2O2. The molecule has 0 spiro atoms. The van der Waals surface area contributed by atoms with Crippen LogP contribution < -0.4 is 11.1 Å². The van der Waals surface area contributed by atoms with Crippen molar-refractivity contribution < 1.29 is 9.53 Å². The van der Waals surface area contributed by atoms with Gasteiger partial charge in [0.15, 0.2) is 0 Å². The van der Waals surface area contributed by atoms with Crippen LogP contribution >= 0.6 is 0 Å². The average Bonchev–Trinajstić information content (AvgIpc) is 2.04. The zero-order valence-electron chi connectivity index (χ0n) is 6.93. The zero-order chi connectivity index (χ0) is 8.53. The van der Waals surface area contributed by atoms with Gasteiger partial charge in [-0.1, -0.05) is 6.92 Å². The number of nitrogens with two attached hydrogens (primary N) is 1. The Balaban J connectivity index is 2.95. The van der Waals surface area contributed by atoms with Gasteiger partial charge < -0.3 is 15.8 Å². The quantitative estimate of drug-likeness (QED) is 0.514. The maximum absolute atomic E-state index is 10.7. The molecule has 0 aromatic carbocycles. The first-order valence-corrected chi connectivity index (χ1v) is 3.85. The molecule has 0 aliphatic rings. The normalized spacial score (nSPS) is 9.64. The van der Waals surface area contributed by atoms with E-state index in [0.29, 0.717) is 32.7 Å². The van der Waals surface area contributed by atoms with E-state index in [1.54, 1.807) is 0 Å². The van der Waals surface area contributed by atoms with E-state index in [-0.39, 0.29) is 5.91 Å². The Morgan fingerprint density at radius 1 is 1.55 bits per heavy atom. The molecule has 3 N–H and O–H groups in total. The van der Waals surface area contributed by atoms with Gasteiger partial charge in [0.05, 0.1) is 13.2 Å². The summed E-state index contributed by atoms with van der Waals surface area (Å²) in [5.74, 6) is 0.0568. The minimum atomic E-state index is 0.0568. The van der Waals surface area contributed by atoms with Gasteiger partial charge in [0, 0.05) is 19.5 Å². The van der Waals surface area contributed by atoms with Crippen molar-refractivity contribution >= 4 is 5.91 Å². The Bertz CT molecular complexity index is 107. The van der Waals surface area contributed by atoms with Crippen molar-refractivity contribution in [1.29, 1.82) is 0 Å². The van der Waals surface area contributed by atoms with Crippen molar-refractivity contribution in [2.24, 2.45) is 5.73 Å². The number of ether oxygens (including phenoxy) is 1. The fourth-order valence-corrected chi connectivity index (χ4v) is 0.573. The Hall–Kier alpha value is -0.610.